The van der Waals surface area contributed by atoms with Gasteiger partial charge in [-0.15, -0.1) is 0 Å². The fraction of sp³-hybridized carbons (Fsp3) is 0.708. The molecule has 0 radical (unpaired) electrons. The molecule has 0 saturated carbocycles. The molecule has 6 nitrogen and oxygen atoms in total. The van der Waals surface area contributed by atoms with Gasteiger partial charge in [-0.3, -0.25) is 0 Å². The Balaban J connectivity index is 1.88. The van der Waals surface area contributed by atoms with Gasteiger partial charge in [0.25, 0.3) is 0 Å². The molecule has 1 aromatic carbocycles. The van der Waals surface area contributed by atoms with E-state index in [1.54, 1.807) is 0 Å². The van der Waals surface area contributed by atoms with Gasteiger partial charge in [-0.2, -0.15) is 0 Å². The Bertz CT molecular complexity index is 615. The quantitative estimate of drug-likeness (QED) is 0.357. The van der Waals surface area contributed by atoms with E-state index in [0.717, 1.165) is 57.9 Å². The number of nitrogens with zero attached hydrogens (tertiary/aromatic N) is 1. The number of aliphatic imine (C=N–C) groups is 1. The summed E-state index contributed by atoms with van der Waals surface area (Å²) in [6.45, 7) is 11.3. The fourth-order valence-electron chi connectivity index (χ4n) is 3.78. The average Bonchev–Trinajstić information content (AvgIpc) is 2.75. The van der Waals surface area contributed by atoms with E-state index in [2.05, 4.69) is 55.7 Å². The van der Waals surface area contributed by atoms with Crippen LogP contribution >= 0.6 is 0 Å². The maximum Gasteiger partial charge on any atom is 0.191 e. The molecule has 6 heteroatoms. The fourth-order valence-corrected chi connectivity index (χ4v) is 3.78. The molecule has 0 aliphatic carbocycles. The zero-order chi connectivity index (χ0) is 21.6. The minimum Gasteiger partial charge on any atom is -0.396 e. The molecule has 170 valence electrons. The normalized spacial score (nSPS) is 16.6. The molecule has 30 heavy (non-hydrogen) atoms. The van der Waals surface area contributed by atoms with Crippen LogP contribution in [0, 0.1) is 11.8 Å². The van der Waals surface area contributed by atoms with Crippen LogP contribution in [0.15, 0.2) is 29.3 Å². The van der Waals surface area contributed by atoms with E-state index in [0.29, 0.717) is 31.1 Å². The molecule has 0 amide bonds. The largest absolute Gasteiger partial charge is 0.396 e. The van der Waals surface area contributed by atoms with Crippen molar-refractivity contribution in [2.75, 3.05) is 32.9 Å². The van der Waals surface area contributed by atoms with Crippen LogP contribution in [-0.2, 0) is 22.6 Å². The van der Waals surface area contributed by atoms with Crippen LogP contribution in [-0.4, -0.2) is 50.1 Å². The molecule has 2 rings (SSSR count). The maximum absolute atomic E-state index is 9.33. The molecule has 1 heterocycles. The lowest BCUT2D eigenvalue weighted by atomic mass is 9.94. The van der Waals surface area contributed by atoms with E-state index in [1.807, 2.05) is 0 Å². The van der Waals surface area contributed by atoms with Crippen molar-refractivity contribution < 1.29 is 14.6 Å². The highest BCUT2D eigenvalue weighted by molar-refractivity contribution is 5.79. The number of rotatable bonds is 12. The molecule has 0 spiro atoms. The lowest BCUT2D eigenvalue weighted by Crippen LogP contribution is -2.40. The van der Waals surface area contributed by atoms with Gasteiger partial charge in [-0.05, 0) is 55.6 Å². The van der Waals surface area contributed by atoms with Crippen molar-refractivity contribution in [3.8, 4) is 0 Å². The van der Waals surface area contributed by atoms with E-state index in [1.165, 1.54) is 11.1 Å². The molecule has 1 atom stereocenters. The summed E-state index contributed by atoms with van der Waals surface area (Å²) in [7, 11) is 0. The van der Waals surface area contributed by atoms with Crippen LogP contribution in [0.2, 0.25) is 0 Å². The maximum atomic E-state index is 9.33. The first-order chi connectivity index (χ1) is 14.6. The molecule has 1 unspecified atom stereocenters. The van der Waals surface area contributed by atoms with Crippen molar-refractivity contribution in [3.63, 3.8) is 0 Å². The van der Waals surface area contributed by atoms with Crippen molar-refractivity contribution in [1.82, 2.24) is 10.6 Å². The van der Waals surface area contributed by atoms with Gasteiger partial charge in [0, 0.05) is 32.9 Å². The highest BCUT2D eigenvalue weighted by Gasteiger charge is 2.14. The van der Waals surface area contributed by atoms with Crippen LogP contribution < -0.4 is 10.6 Å². The Morgan fingerprint density at radius 2 is 2.00 bits per heavy atom. The number of aliphatic hydroxyl groups is 1. The molecular formula is C24H41N3O3. The van der Waals surface area contributed by atoms with Gasteiger partial charge in [0.05, 0.1) is 19.3 Å². The first-order valence-corrected chi connectivity index (χ1v) is 11.5. The Morgan fingerprint density at radius 1 is 1.23 bits per heavy atom. The summed E-state index contributed by atoms with van der Waals surface area (Å²) in [5.74, 6) is 1.89. The monoisotopic (exact) mass is 419 g/mol. The molecule has 1 aliphatic heterocycles. The minimum atomic E-state index is 0.232. The van der Waals surface area contributed by atoms with Crippen LogP contribution in [0.3, 0.4) is 0 Å². The van der Waals surface area contributed by atoms with Gasteiger partial charge >= 0.3 is 0 Å². The first kappa shape index (κ1) is 24.6. The summed E-state index contributed by atoms with van der Waals surface area (Å²) in [6, 6.07) is 8.48. The number of guanidine groups is 1. The number of aliphatic hydroxyl groups excluding tert-OH is 1. The molecule has 0 aromatic heterocycles. The van der Waals surface area contributed by atoms with E-state index in [-0.39, 0.29) is 6.61 Å². The van der Waals surface area contributed by atoms with Crippen molar-refractivity contribution in [1.29, 1.82) is 0 Å². The van der Waals surface area contributed by atoms with E-state index < -0.39 is 0 Å². The summed E-state index contributed by atoms with van der Waals surface area (Å²) in [5, 5.41) is 16.1. The Morgan fingerprint density at radius 3 is 2.70 bits per heavy atom. The lowest BCUT2D eigenvalue weighted by Gasteiger charge is -2.22. The van der Waals surface area contributed by atoms with Crippen LogP contribution in [0.5, 0.6) is 0 Å². The van der Waals surface area contributed by atoms with Gasteiger partial charge in [-0.1, -0.05) is 38.1 Å². The third-order valence-electron chi connectivity index (χ3n) is 5.31. The van der Waals surface area contributed by atoms with E-state index in [4.69, 9.17) is 14.5 Å². The predicted octanol–water partition coefficient (Wildman–Crippen LogP) is 3.48. The van der Waals surface area contributed by atoms with E-state index >= 15 is 0 Å². The lowest BCUT2D eigenvalue weighted by molar-refractivity contribution is -0.0390. The zero-order valence-electron chi connectivity index (χ0n) is 19.0. The summed E-state index contributed by atoms with van der Waals surface area (Å²) >= 11 is 0. The molecule has 0 bridgehead atoms. The second-order valence-electron chi connectivity index (χ2n) is 8.53. The topological polar surface area (TPSA) is 75.1 Å². The first-order valence-electron chi connectivity index (χ1n) is 11.5. The average molecular weight is 420 g/mol. The van der Waals surface area contributed by atoms with Crippen molar-refractivity contribution in [2.24, 2.45) is 16.8 Å². The smallest absolute Gasteiger partial charge is 0.191 e. The number of hydrogen-bond donors (Lipinski definition) is 3. The van der Waals surface area contributed by atoms with Gasteiger partial charge in [-0.25, -0.2) is 4.99 Å². The summed E-state index contributed by atoms with van der Waals surface area (Å²) in [5.41, 5.74) is 2.36. The van der Waals surface area contributed by atoms with E-state index in [9.17, 15) is 5.11 Å². The van der Waals surface area contributed by atoms with Crippen LogP contribution in [0.4, 0.5) is 0 Å². The Labute approximate surface area is 182 Å². The van der Waals surface area contributed by atoms with Gasteiger partial charge in [0.15, 0.2) is 5.96 Å². The second kappa shape index (κ2) is 14.4. The van der Waals surface area contributed by atoms with Crippen LogP contribution in [0.25, 0.3) is 0 Å². The summed E-state index contributed by atoms with van der Waals surface area (Å²) in [6.07, 6.45) is 4.19. The molecule has 1 aliphatic rings. The number of benzene rings is 1. The second-order valence-corrected chi connectivity index (χ2v) is 8.53. The number of nitrogens with one attached hydrogen (secondary N) is 2. The number of ether oxygens (including phenoxy) is 2. The summed E-state index contributed by atoms with van der Waals surface area (Å²) in [4.78, 5) is 4.76. The third-order valence-corrected chi connectivity index (χ3v) is 5.31. The van der Waals surface area contributed by atoms with Crippen molar-refractivity contribution >= 4 is 5.96 Å². The third kappa shape index (κ3) is 9.92. The SMILES string of the molecule is CCNC(=NCc1cccc(COC2CCOCC2)c1)NCC(CCO)CC(C)C. The predicted molar refractivity (Wildman–Crippen MR) is 123 cm³/mol. The number of hydrogen-bond acceptors (Lipinski definition) is 4. The van der Waals surface area contributed by atoms with Crippen LogP contribution in [0.1, 0.15) is 57.6 Å². The summed E-state index contributed by atoms with van der Waals surface area (Å²) < 4.78 is 11.4. The zero-order valence-corrected chi connectivity index (χ0v) is 19.0. The van der Waals surface area contributed by atoms with Gasteiger partial charge < -0.3 is 25.2 Å². The Hall–Kier alpha value is -1.63. The molecule has 1 saturated heterocycles. The molecule has 1 aromatic rings. The van der Waals surface area contributed by atoms with Crippen molar-refractivity contribution in [2.45, 2.75) is 65.7 Å². The molecular weight excluding hydrogens is 378 g/mol. The highest BCUT2D eigenvalue weighted by Crippen LogP contribution is 2.15. The molecule has 3 N–H and O–H groups in total. The standard InChI is InChI=1S/C24H41N3O3/c1-4-25-24(27-17-21(8-11-28)14-19(2)3)26-16-20-6-5-7-22(15-20)18-30-23-9-12-29-13-10-23/h5-7,15,19,21,23,28H,4,8-14,16-18H2,1-3H3,(H2,25,26,27). The van der Waals surface area contributed by atoms with Gasteiger partial charge in [0.1, 0.15) is 0 Å². The highest BCUT2D eigenvalue weighted by atomic mass is 16.5. The molecule has 1 fully saturated rings. The minimum absolute atomic E-state index is 0.232. The van der Waals surface area contributed by atoms with Gasteiger partial charge in [0.2, 0.25) is 0 Å². The Kier molecular flexibility index (Phi) is 11.8. The van der Waals surface area contributed by atoms with Crippen molar-refractivity contribution in [3.05, 3.63) is 35.4 Å².